The van der Waals surface area contributed by atoms with Crippen molar-refractivity contribution in [3.63, 3.8) is 0 Å². The standard InChI is InChI=1S/C32H23BS/c1-34(2)33-31-23-27(15-13-25-9-5-3-6-10-25)17-19-29(31)21-22-30-20-18-28(24-32(30)33)16-14-26-11-7-4-8-12-26/h3-12,17-24H,1H2,2H3. The fourth-order valence-electron chi connectivity index (χ4n) is 4.17. The fourth-order valence-corrected chi connectivity index (χ4v) is 5.45. The Hall–Kier alpha value is -3.98. The number of hydrogen-bond donors (Lipinski definition) is 0. The van der Waals surface area contributed by atoms with Gasteiger partial charge in [0.15, 0.2) is 0 Å². The molecule has 1 heterocycles. The Morgan fingerprint density at radius 3 is 1.38 bits per heavy atom. The van der Waals surface area contributed by atoms with Gasteiger partial charge >= 0.3 is 0 Å². The third-order valence-electron chi connectivity index (χ3n) is 5.83. The molecule has 5 rings (SSSR count). The molecule has 0 nitrogen and oxygen atoms in total. The fraction of sp³-hybridized carbons (Fsp3) is 0.0312. The van der Waals surface area contributed by atoms with Gasteiger partial charge in [-0.15, -0.1) is 0 Å². The van der Waals surface area contributed by atoms with Crippen LogP contribution in [0.5, 0.6) is 0 Å². The van der Waals surface area contributed by atoms with Gasteiger partial charge in [0.1, 0.15) is 0 Å². The van der Waals surface area contributed by atoms with E-state index in [9.17, 15) is 0 Å². The van der Waals surface area contributed by atoms with Crippen LogP contribution in [-0.4, -0.2) is 18.1 Å². The van der Waals surface area contributed by atoms with E-state index in [4.69, 9.17) is 0 Å². The highest BCUT2D eigenvalue weighted by Crippen LogP contribution is 2.21. The van der Waals surface area contributed by atoms with Crippen LogP contribution in [-0.2, 0) is 0 Å². The van der Waals surface area contributed by atoms with Crippen molar-refractivity contribution in [2.24, 2.45) is 0 Å². The van der Waals surface area contributed by atoms with Crippen molar-refractivity contribution >= 4 is 45.3 Å². The van der Waals surface area contributed by atoms with E-state index in [1.165, 1.54) is 22.1 Å². The summed E-state index contributed by atoms with van der Waals surface area (Å²) < 4.78 is 0. The predicted molar refractivity (Wildman–Crippen MR) is 152 cm³/mol. The van der Waals surface area contributed by atoms with Crippen LogP contribution in [0.25, 0.3) is 12.2 Å². The van der Waals surface area contributed by atoms with E-state index in [2.05, 4.69) is 84.4 Å². The van der Waals surface area contributed by atoms with Gasteiger partial charge in [-0.05, 0) is 53.8 Å². The molecule has 160 valence electrons. The Kier molecular flexibility index (Phi) is 6.35. The van der Waals surface area contributed by atoms with Crippen LogP contribution < -0.4 is 10.9 Å². The number of fused-ring (bicyclic) bond motifs is 2. The van der Waals surface area contributed by atoms with Gasteiger partial charge in [0.25, 0.3) is 5.99 Å². The van der Waals surface area contributed by atoms with Crippen molar-refractivity contribution in [2.75, 3.05) is 6.26 Å². The van der Waals surface area contributed by atoms with Gasteiger partial charge in [-0.3, -0.25) is 0 Å². The highest BCUT2D eigenvalue weighted by Gasteiger charge is 2.26. The van der Waals surface area contributed by atoms with Gasteiger partial charge in [0.2, 0.25) is 0 Å². The van der Waals surface area contributed by atoms with E-state index < -0.39 is 0 Å². The zero-order chi connectivity index (χ0) is 23.3. The van der Waals surface area contributed by atoms with Crippen LogP contribution in [0.4, 0.5) is 0 Å². The average molecular weight is 450 g/mol. The summed E-state index contributed by atoms with van der Waals surface area (Å²) in [4.78, 5) is 0. The van der Waals surface area contributed by atoms with Crippen molar-refractivity contribution in [3.05, 3.63) is 130 Å². The molecule has 4 aromatic rings. The van der Waals surface area contributed by atoms with Gasteiger partial charge in [-0.2, -0.15) is 0 Å². The second-order valence-corrected chi connectivity index (χ2v) is 10.2. The van der Waals surface area contributed by atoms with Gasteiger partial charge in [0, 0.05) is 22.3 Å². The molecule has 0 saturated carbocycles. The maximum atomic E-state index is 4.48. The number of rotatable bonds is 1. The minimum atomic E-state index is -0.119. The molecule has 0 aliphatic carbocycles. The van der Waals surface area contributed by atoms with Crippen LogP contribution >= 0.6 is 10.3 Å². The largest absolute Gasteiger partial charge is 0.270 e. The molecule has 1 aliphatic rings. The van der Waals surface area contributed by atoms with E-state index in [1.807, 2.05) is 60.7 Å². The number of hydrogen-bond acceptors (Lipinski definition) is 0. The first-order valence-electron chi connectivity index (χ1n) is 11.2. The van der Waals surface area contributed by atoms with Crippen LogP contribution in [0.1, 0.15) is 33.4 Å². The van der Waals surface area contributed by atoms with E-state index in [-0.39, 0.29) is 16.3 Å². The maximum absolute atomic E-state index is 4.48. The van der Waals surface area contributed by atoms with Crippen molar-refractivity contribution in [2.45, 2.75) is 0 Å². The second kappa shape index (κ2) is 9.88. The summed E-state index contributed by atoms with van der Waals surface area (Å²) in [5.41, 5.74) is 9.11. The van der Waals surface area contributed by atoms with Crippen LogP contribution in [0, 0.1) is 23.7 Å². The Labute approximate surface area is 205 Å². The summed E-state index contributed by atoms with van der Waals surface area (Å²) >= 11 is 0. The molecule has 0 aromatic heterocycles. The van der Waals surface area contributed by atoms with Crippen molar-refractivity contribution < 1.29 is 0 Å². The molecule has 0 radical (unpaired) electrons. The topological polar surface area (TPSA) is 0 Å². The Morgan fingerprint density at radius 1 is 0.559 bits per heavy atom. The zero-order valence-corrected chi connectivity index (χ0v) is 19.9. The quantitative estimate of drug-likeness (QED) is 0.207. The molecule has 0 bridgehead atoms. The molecule has 0 fully saturated rings. The summed E-state index contributed by atoms with van der Waals surface area (Å²) in [5, 5.41) is 0. The summed E-state index contributed by atoms with van der Waals surface area (Å²) in [6.45, 7) is 0. The Morgan fingerprint density at radius 2 is 0.971 bits per heavy atom. The monoisotopic (exact) mass is 450 g/mol. The third kappa shape index (κ3) is 4.84. The zero-order valence-electron chi connectivity index (χ0n) is 19.1. The molecular formula is C32H23BS. The molecule has 0 spiro atoms. The Balaban J connectivity index is 1.56. The van der Waals surface area contributed by atoms with Crippen molar-refractivity contribution in [3.8, 4) is 23.7 Å². The van der Waals surface area contributed by atoms with E-state index >= 15 is 0 Å². The molecular weight excluding hydrogens is 427 g/mol. The average Bonchev–Trinajstić information content (AvgIpc) is 3.03. The van der Waals surface area contributed by atoms with Gasteiger partial charge in [0.05, 0.1) is 0 Å². The summed E-state index contributed by atoms with van der Waals surface area (Å²) in [5.74, 6) is 17.9. The SMILES string of the molecule is C=S(C)B1c2cc(C#Cc3ccccc3)ccc2C=Cc2ccc(C#Cc3ccccc3)cc21. The normalized spacial score (nSPS) is 12.2. The first kappa shape index (κ1) is 21.8. The lowest BCUT2D eigenvalue weighted by Crippen LogP contribution is -2.42. The molecule has 1 unspecified atom stereocenters. The molecule has 4 aromatic carbocycles. The molecule has 1 atom stereocenters. The molecule has 0 amide bonds. The van der Waals surface area contributed by atoms with Crippen LogP contribution in [0.3, 0.4) is 0 Å². The third-order valence-corrected chi connectivity index (χ3v) is 7.15. The van der Waals surface area contributed by atoms with Gasteiger partial charge in [-0.1, -0.05) is 113 Å². The van der Waals surface area contributed by atoms with Gasteiger partial charge in [-0.25, -0.2) is 10.3 Å². The van der Waals surface area contributed by atoms with Crippen LogP contribution in [0.2, 0.25) is 0 Å². The lowest BCUT2D eigenvalue weighted by Gasteiger charge is -2.19. The van der Waals surface area contributed by atoms with E-state index in [0.717, 1.165) is 22.3 Å². The number of benzene rings is 4. The highest BCUT2D eigenvalue weighted by molar-refractivity contribution is 8.39. The molecule has 0 saturated heterocycles. The summed E-state index contributed by atoms with van der Waals surface area (Å²) in [6.07, 6.45) is 6.64. The summed E-state index contributed by atoms with van der Waals surface area (Å²) in [7, 11) is -0.119. The Bertz CT molecular complexity index is 1410. The first-order valence-corrected chi connectivity index (χ1v) is 13.1. The van der Waals surface area contributed by atoms with Crippen molar-refractivity contribution in [1.82, 2.24) is 0 Å². The van der Waals surface area contributed by atoms with Crippen LogP contribution in [0.15, 0.2) is 97.1 Å². The lowest BCUT2D eigenvalue weighted by molar-refractivity contribution is 1.63. The second-order valence-electron chi connectivity index (χ2n) is 8.32. The molecule has 34 heavy (non-hydrogen) atoms. The molecule has 2 heteroatoms. The minimum Gasteiger partial charge on any atom is -0.223 e. The first-order chi connectivity index (χ1) is 16.7. The van der Waals surface area contributed by atoms with E-state index in [1.54, 1.807) is 0 Å². The van der Waals surface area contributed by atoms with E-state index in [0.29, 0.717) is 0 Å². The minimum absolute atomic E-state index is 0.119. The predicted octanol–water partition coefficient (Wildman–Crippen LogP) is 5.41. The molecule has 1 aliphatic heterocycles. The maximum Gasteiger partial charge on any atom is 0.270 e. The van der Waals surface area contributed by atoms with Crippen molar-refractivity contribution in [1.29, 1.82) is 0 Å². The van der Waals surface area contributed by atoms with Gasteiger partial charge < -0.3 is 0 Å². The lowest BCUT2D eigenvalue weighted by atomic mass is 9.59. The smallest absolute Gasteiger partial charge is 0.223 e. The summed E-state index contributed by atoms with van der Waals surface area (Å²) in [6, 6.07) is 33.3. The molecule has 0 N–H and O–H groups in total. The highest BCUT2D eigenvalue weighted by atomic mass is 32.2.